The molecule has 74 valence electrons. The van der Waals surface area contributed by atoms with E-state index in [-0.39, 0.29) is 0 Å². The molecule has 0 saturated heterocycles. The zero-order valence-corrected chi connectivity index (χ0v) is 9.20. The zero-order chi connectivity index (χ0) is 9.36. The van der Waals surface area contributed by atoms with Crippen molar-refractivity contribution in [2.45, 2.75) is 32.6 Å². The molecular weight excluding hydrogens is 178 g/mol. The van der Waals surface area contributed by atoms with Crippen LogP contribution in [0.5, 0.6) is 0 Å². The number of unbranched alkanes of at least 4 members (excludes halogenated alkanes) is 2. The molecule has 0 aliphatic heterocycles. The van der Waals surface area contributed by atoms with Crippen LogP contribution in [0.2, 0.25) is 0 Å². The summed E-state index contributed by atoms with van der Waals surface area (Å²) < 4.78 is 0. The summed E-state index contributed by atoms with van der Waals surface area (Å²) in [7, 11) is 0. The van der Waals surface area contributed by atoms with Crippen molar-refractivity contribution in [3.63, 3.8) is 0 Å². The van der Waals surface area contributed by atoms with Gasteiger partial charge in [-0.3, -0.25) is 0 Å². The number of hydrogen-bond donors (Lipinski definition) is 1. The van der Waals surface area contributed by atoms with Gasteiger partial charge in [-0.2, -0.15) is 0 Å². The molecule has 0 aliphatic rings. The van der Waals surface area contributed by atoms with Crippen molar-refractivity contribution >= 4 is 11.3 Å². The molecule has 1 N–H and O–H groups in total. The molecular formula is C11H19NS. The third-order valence-electron chi connectivity index (χ3n) is 2.11. The molecule has 0 radical (unpaired) electrons. The standard InChI is InChI=1S/C11H19NS/c1-2-12-9-5-3-4-7-11-8-6-10-13-11/h6,8,10,12H,2-5,7,9H2,1H3. The lowest BCUT2D eigenvalue weighted by atomic mass is 10.2. The summed E-state index contributed by atoms with van der Waals surface area (Å²) >= 11 is 1.88. The van der Waals surface area contributed by atoms with E-state index >= 15 is 0 Å². The molecule has 0 fully saturated rings. The predicted octanol–water partition coefficient (Wildman–Crippen LogP) is 3.07. The Balaban J connectivity index is 1.90. The van der Waals surface area contributed by atoms with Crippen LogP contribution in [0.3, 0.4) is 0 Å². The van der Waals surface area contributed by atoms with E-state index in [4.69, 9.17) is 0 Å². The second-order valence-corrected chi connectivity index (χ2v) is 4.28. The molecule has 1 nitrogen and oxygen atoms in total. The first kappa shape index (κ1) is 10.7. The fraction of sp³-hybridized carbons (Fsp3) is 0.636. The van der Waals surface area contributed by atoms with Crippen LogP contribution < -0.4 is 5.32 Å². The van der Waals surface area contributed by atoms with Crippen molar-refractivity contribution in [3.8, 4) is 0 Å². The number of hydrogen-bond acceptors (Lipinski definition) is 2. The first-order chi connectivity index (χ1) is 6.43. The third-order valence-corrected chi connectivity index (χ3v) is 3.04. The smallest absolute Gasteiger partial charge is 0.00452 e. The minimum absolute atomic E-state index is 1.10. The summed E-state index contributed by atoms with van der Waals surface area (Å²) in [6.45, 7) is 4.44. The largest absolute Gasteiger partial charge is 0.317 e. The van der Waals surface area contributed by atoms with Crippen LogP contribution >= 0.6 is 11.3 Å². The molecule has 0 spiro atoms. The average Bonchev–Trinajstić information content (AvgIpc) is 2.63. The fourth-order valence-electron chi connectivity index (χ4n) is 1.36. The Morgan fingerprint density at radius 3 is 2.92 bits per heavy atom. The maximum absolute atomic E-state index is 3.34. The maximum atomic E-state index is 3.34. The normalized spacial score (nSPS) is 10.5. The van der Waals surface area contributed by atoms with Crippen molar-refractivity contribution in [3.05, 3.63) is 22.4 Å². The van der Waals surface area contributed by atoms with Crippen molar-refractivity contribution in [2.75, 3.05) is 13.1 Å². The first-order valence-corrected chi connectivity index (χ1v) is 6.04. The summed E-state index contributed by atoms with van der Waals surface area (Å²) in [4.78, 5) is 1.53. The van der Waals surface area contributed by atoms with E-state index in [1.807, 2.05) is 11.3 Å². The molecule has 1 rings (SSSR count). The minimum Gasteiger partial charge on any atom is -0.317 e. The van der Waals surface area contributed by atoms with Gasteiger partial charge in [0.05, 0.1) is 0 Å². The topological polar surface area (TPSA) is 12.0 Å². The second-order valence-electron chi connectivity index (χ2n) is 3.24. The molecule has 0 unspecified atom stereocenters. The second kappa shape index (κ2) is 7.10. The summed E-state index contributed by atoms with van der Waals surface area (Å²) in [5, 5.41) is 5.51. The van der Waals surface area contributed by atoms with Gasteiger partial charge < -0.3 is 5.32 Å². The van der Waals surface area contributed by atoms with E-state index in [0.29, 0.717) is 0 Å². The van der Waals surface area contributed by atoms with E-state index in [9.17, 15) is 0 Å². The average molecular weight is 197 g/mol. The Morgan fingerprint density at radius 1 is 1.31 bits per heavy atom. The molecule has 0 amide bonds. The summed E-state index contributed by atoms with van der Waals surface area (Å²) in [5.41, 5.74) is 0. The van der Waals surface area contributed by atoms with Crippen LogP contribution in [-0.2, 0) is 6.42 Å². The summed E-state index contributed by atoms with van der Waals surface area (Å²) in [5.74, 6) is 0. The zero-order valence-electron chi connectivity index (χ0n) is 8.38. The highest BCUT2D eigenvalue weighted by molar-refractivity contribution is 7.09. The van der Waals surface area contributed by atoms with E-state index in [0.717, 1.165) is 6.54 Å². The van der Waals surface area contributed by atoms with Crippen molar-refractivity contribution in [2.24, 2.45) is 0 Å². The van der Waals surface area contributed by atoms with Gasteiger partial charge >= 0.3 is 0 Å². The van der Waals surface area contributed by atoms with E-state index < -0.39 is 0 Å². The first-order valence-electron chi connectivity index (χ1n) is 5.16. The molecule has 1 aromatic rings. The van der Waals surface area contributed by atoms with Gasteiger partial charge in [0.1, 0.15) is 0 Å². The van der Waals surface area contributed by atoms with Crippen LogP contribution in [0.1, 0.15) is 31.1 Å². The molecule has 1 heterocycles. The van der Waals surface area contributed by atoms with E-state index in [1.165, 1.54) is 37.1 Å². The number of thiophene rings is 1. The van der Waals surface area contributed by atoms with Gasteiger partial charge in [0.2, 0.25) is 0 Å². The SMILES string of the molecule is CCNCCCCCc1cccs1. The number of aryl methyl sites for hydroxylation is 1. The molecule has 0 bridgehead atoms. The summed E-state index contributed by atoms with van der Waals surface area (Å²) in [6, 6.07) is 4.37. The van der Waals surface area contributed by atoms with Gasteiger partial charge in [-0.15, -0.1) is 11.3 Å². The van der Waals surface area contributed by atoms with Gasteiger partial charge in [-0.05, 0) is 43.8 Å². The van der Waals surface area contributed by atoms with Crippen molar-refractivity contribution in [1.82, 2.24) is 5.32 Å². The Kier molecular flexibility index (Phi) is 5.87. The van der Waals surface area contributed by atoms with Crippen LogP contribution in [0, 0.1) is 0 Å². The molecule has 1 aromatic heterocycles. The molecule has 0 aromatic carbocycles. The molecule has 0 saturated carbocycles. The minimum atomic E-state index is 1.10. The van der Waals surface area contributed by atoms with Gasteiger partial charge in [0.15, 0.2) is 0 Å². The Bertz CT molecular complexity index is 194. The highest BCUT2D eigenvalue weighted by Gasteiger charge is 1.93. The van der Waals surface area contributed by atoms with Crippen LogP contribution in [0.4, 0.5) is 0 Å². The van der Waals surface area contributed by atoms with Gasteiger partial charge in [0, 0.05) is 4.88 Å². The summed E-state index contributed by atoms with van der Waals surface area (Å²) in [6.07, 6.45) is 5.28. The van der Waals surface area contributed by atoms with Gasteiger partial charge in [-0.25, -0.2) is 0 Å². The Labute approximate surface area is 85.2 Å². The van der Waals surface area contributed by atoms with Crippen LogP contribution in [0.25, 0.3) is 0 Å². The highest BCUT2D eigenvalue weighted by atomic mass is 32.1. The Morgan fingerprint density at radius 2 is 2.23 bits per heavy atom. The molecule has 0 aliphatic carbocycles. The van der Waals surface area contributed by atoms with E-state index in [1.54, 1.807) is 0 Å². The quantitative estimate of drug-likeness (QED) is 0.662. The number of rotatable bonds is 7. The Hall–Kier alpha value is -0.340. The molecule has 13 heavy (non-hydrogen) atoms. The van der Waals surface area contributed by atoms with Crippen LogP contribution in [-0.4, -0.2) is 13.1 Å². The molecule has 0 atom stereocenters. The van der Waals surface area contributed by atoms with Gasteiger partial charge in [-0.1, -0.05) is 19.4 Å². The lowest BCUT2D eigenvalue weighted by molar-refractivity contribution is 0.618. The maximum Gasteiger partial charge on any atom is 0.00452 e. The highest BCUT2D eigenvalue weighted by Crippen LogP contribution is 2.12. The van der Waals surface area contributed by atoms with E-state index in [2.05, 4.69) is 29.8 Å². The van der Waals surface area contributed by atoms with Gasteiger partial charge in [0.25, 0.3) is 0 Å². The molecule has 2 heteroatoms. The fourth-order valence-corrected chi connectivity index (χ4v) is 2.11. The monoisotopic (exact) mass is 197 g/mol. The van der Waals surface area contributed by atoms with Crippen molar-refractivity contribution in [1.29, 1.82) is 0 Å². The third kappa shape index (κ3) is 5.06. The predicted molar refractivity (Wildman–Crippen MR) is 60.4 cm³/mol. The lowest BCUT2D eigenvalue weighted by Gasteiger charge is -2.00. The number of nitrogens with one attached hydrogen (secondary N) is 1. The van der Waals surface area contributed by atoms with Crippen LogP contribution in [0.15, 0.2) is 17.5 Å². The lowest BCUT2D eigenvalue weighted by Crippen LogP contribution is -2.13. The van der Waals surface area contributed by atoms with Crippen molar-refractivity contribution < 1.29 is 0 Å².